The van der Waals surface area contributed by atoms with E-state index in [1.165, 1.54) is 6.20 Å². The first kappa shape index (κ1) is 25.3. The molecule has 1 fully saturated rings. The SMILES string of the molecule is CN=C(CO)C(=CN)c1ccc2cnc(NC(=O)c3ccnc(N(C)C4CCN(C)CC4)c3)cc2c1. The molecule has 0 saturated carbocycles. The first-order chi connectivity index (χ1) is 17.4. The Balaban J connectivity index is 1.53. The summed E-state index contributed by atoms with van der Waals surface area (Å²) in [5, 5.41) is 14.3. The number of nitrogens with two attached hydrogens (primary N) is 1. The van der Waals surface area contributed by atoms with Crippen molar-refractivity contribution in [3.8, 4) is 0 Å². The van der Waals surface area contributed by atoms with E-state index < -0.39 is 0 Å². The van der Waals surface area contributed by atoms with E-state index in [9.17, 15) is 9.90 Å². The first-order valence-electron chi connectivity index (χ1n) is 12.0. The number of pyridine rings is 2. The molecule has 0 bridgehead atoms. The fraction of sp³-hybridized carbons (Fsp3) is 0.333. The second kappa shape index (κ2) is 11.3. The average molecular weight is 488 g/mol. The van der Waals surface area contributed by atoms with Gasteiger partial charge < -0.3 is 26.0 Å². The van der Waals surface area contributed by atoms with Crippen LogP contribution in [0.4, 0.5) is 11.6 Å². The van der Waals surface area contributed by atoms with Gasteiger partial charge in [-0.1, -0.05) is 12.1 Å². The number of rotatable bonds is 7. The third kappa shape index (κ3) is 5.53. The second-order valence-corrected chi connectivity index (χ2v) is 9.04. The molecule has 0 atom stereocenters. The van der Waals surface area contributed by atoms with Crippen LogP contribution in [0.25, 0.3) is 16.3 Å². The summed E-state index contributed by atoms with van der Waals surface area (Å²) in [6.07, 6.45) is 6.96. The van der Waals surface area contributed by atoms with Crippen molar-refractivity contribution >= 4 is 39.6 Å². The van der Waals surface area contributed by atoms with Gasteiger partial charge in [-0.3, -0.25) is 9.79 Å². The molecule has 9 nitrogen and oxygen atoms in total. The van der Waals surface area contributed by atoms with Crippen LogP contribution in [0.15, 0.2) is 60.0 Å². The summed E-state index contributed by atoms with van der Waals surface area (Å²) in [6, 6.07) is 11.5. The van der Waals surface area contributed by atoms with Gasteiger partial charge in [0.2, 0.25) is 0 Å². The van der Waals surface area contributed by atoms with Gasteiger partial charge in [0.1, 0.15) is 11.6 Å². The van der Waals surface area contributed by atoms with Crippen LogP contribution in [0.1, 0.15) is 28.8 Å². The van der Waals surface area contributed by atoms with Crippen LogP contribution in [0.3, 0.4) is 0 Å². The Hall–Kier alpha value is -3.82. The van der Waals surface area contributed by atoms with Crippen molar-refractivity contribution in [2.24, 2.45) is 10.7 Å². The number of carbonyl (C=O) groups is 1. The number of aromatic nitrogens is 2. The van der Waals surface area contributed by atoms with Gasteiger partial charge >= 0.3 is 0 Å². The topological polar surface area (TPSA) is 120 Å². The third-order valence-corrected chi connectivity index (χ3v) is 6.78. The molecule has 3 aromatic rings. The van der Waals surface area contributed by atoms with E-state index in [-0.39, 0.29) is 12.5 Å². The Kier molecular flexibility index (Phi) is 7.92. The highest BCUT2D eigenvalue weighted by atomic mass is 16.3. The summed E-state index contributed by atoms with van der Waals surface area (Å²) in [6.45, 7) is 1.90. The van der Waals surface area contributed by atoms with E-state index >= 15 is 0 Å². The maximum atomic E-state index is 13.1. The van der Waals surface area contributed by atoms with Crippen molar-refractivity contribution < 1.29 is 9.90 Å². The molecule has 0 spiro atoms. The molecular weight excluding hydrogens is 454 g/mol. The largest absolute Gasteiger partial charge is 0.404 e. The number of aliphatic imine (C=N–C) groups is 1. The highest BCUT2D eigenvalue weighted by molar-refractivity contribution is 6.24. The summed E-state index contributed by atoms with van der Waals surface area (Å²) in [7, 11) is 5.79. The molecule has 1 aromatic carbocycles. The van der Waals surface area contributed by atoms with Crippen LogP contribution in [0.2, 0.25) is 0 Å². The number of fused-ring (bicyclic) bond motifs is 1. The van der Waals surface area contributed by atoms with Crippen LogP contribution in [0, 0.1) is 0 Å². The fourth-order valence-electron chi connectivity index (χ4n) is 4.52. The van der Waals surface area contributed by atoms with Crippen molar-refractivity contribution in [3.05, 3.63) is 66.1 Å². The molecule has 1 aliphatic rings. The zero-order chi connectivity index (χ0) is 25.7. The van der Waals surface area contributed by atoms with E-state index in [0.29, 0.717) is 28.7 Å². The molecule has 0 aliphatic carbocycles. The number of likely N-dealkylation sites (tertiary alicyclic amines) is 1. The minimum atomic E-state index is -0.248. The van der Waals surface area contributed by atoms with Gasteiger partial charge in [-0.2, -0.15) is 0 Å². The van der Waals surface area contributed by atoms with Crippen molar-refractivity contribution in [1.29, 1.82) is 0 Å². The standard InChI is InChI=1S/C27H33N7O2/c1-29-24(17-35)23(15-28)18-4-5-20-16-31-25(13-21(20)12-18)32-27(36)19-6-9-30-26(14-19)34(3)22-7-10-33(2)11-8-22/h4-6,9,12-16,22,35H,7-8,10-11,17,28H2,1-3H3,(H,31,32,36). The predicted octanol–water partition coefficient (Wildman–Crippen LogP) is 2.78. The van der Waals surface area contributed by atoms with Gasteiger partial charge in [-0.15, -0.1) is 0 Å². The smallest absolute Gasteiger partial charge is 0.257 e. The molecular formula is C27H33N7O2. The molecule has 1 saturated heterocycles. The molecule has 0 unspecified atom stereocenters. The first-order valence-corrected chi connectivity index (χ1v) is 12.0. The average Bonchev–Trinajstić information content (AvgIpc) is 2.91. The molecule has 4 rings (SSSR count). The van der Waals surface area contributed by atoms with Gasteiger partial charge in [0.05, 0.1) is 12.3 Å². The van der Waals surface area contributed by atoms with E-state index in [1.807, 2.05) is 37.4 Å². The molecule has 36 heavy (non-hydrogen) atoms. The lowest BCUT2D eigenvalue weighted by Crippen LogP contribution is -2.42. The van der Waals surface area contributed by atoms with Gasteiger partial charge in [0.25, 0.3) is 5.91 Å². The van der Waals surface area contributed by atoms with Crippen molar-refractivity contribution in [1.82, 2.24) is 14.9 Å². The van der Waals surface area contributed by atoms with Gasteiger partial charge in [-0.25, -0.2) is 9.97 Å². The van der Waals surface area contributed by atoms with E-state index in [1.54, 1.807) is 25.5 Å². The summed E-state index contributed by atoms with van der Waals surface area (Å²) in [5.74, 6) is 0.977. The molecule has 0 radical (unpaired) electrons. The lowest BCUT2D eigenvalue weighted by Gasteiger charge is -2.35. The lowest BCUT2D eigenvalue weighted by atomic mass is 9.99. The molecule has 2 aromatic heterocycles. The summed E-state index contributed by atoms with van der Waals surface area (Å²) in [4.78, 5) is 30.6. The quantitative estimate of drug-likeness (QED) is 0.438. The minimum Gasteiger partial charge on any atom is -0.404 e. The highest BCUT2D eigenvalue weighted by Crippen LogP contribution is 2.24. The zero-order valence-electron chi connectivity index (χ0n) is 21.0. The number of aliphatic hydroxyl groups excluding tert-OH is 1. The number of nitrogens with one attached hydrogen (secondary N) is 1. The lowest BCUT2D eigenvalue weighted by molar-refractivity contribution is 0.102. The van der Waals surface area contributed by atoms with Crippen LogP contribution in [0.5, 0.6) is 0 Å². The second-order valence-electron chi connectivity index (χ2n) is 9.04. The maximum absolute atomic E-state index is 13.1. The molecule has 4 N–H and O–H groups in total. The summed E-state index contributed by atoms with van der Waals surface area (Å²) in [5.41, 5.74) is 8.31. The Labute approximate surface area is 211 Å². The Morgan fingerprint density at radius 2 is 1.97 bits per heavy atom. The number of carbonyl (C=O) groups excluding carboxylic acids is 1. The molecule has 3 heterocycles. The number of anilines is 2. The van der Waals surface area contributed by atoms with E-state index in [4.69, 9.17) is 5.73 Å². The predicted molar refractivity (Wildman–Crippen MR) is 145 cm³/mol. The maximum Gasteiger partial charge on any atom is 0.257 e. The van der Waals surface area contributed by atoms with Crippen LogP contribution in [-0.2, 0) is 0 Å². The number of hydrogen-bond acceptors (Lipinski definition) is 8. The monoisotopic (exact) mass is 487 g/mol. The summed E-state index contributed by atoms with van der Waals surface area (Å²) >= 11 is 0. The fourth-order valence-corrected chi connectivity index (χ4v) is 4.52. The van der Waals surface area contributed by atoms with Gasteiger partial charge in [0.15, 0.2) is 0 Å². The molecule has 9 heteroatoms. The number of amides is 1. The molecule has 1 aliphatic heterocycles. The summed E-state index contributed by atoms with van der Waals surface area (Å²) < 4.78 is 0. The zero-order valence-corrected chi connectivity index (χ0v) is 21.0. The Morgan fingerprint density at radius 1 is 1.19 bits per heavy atom. The van der Waals surface area contributed by atoms with E-state index in [2.05, 4.69) is 37.1 Å². The minimum absolute atomic E-state index is 0.212. The molecule has 1 amide bonds. The van der Waals surface area contributed by atoms with Crippen molar-refractivity contribution in [2.75, 3.05) is 51.1 Å². The van der Waals surface area contributed by atoms with Crippen molar-refractivity contribution in [2.45, 2.75) is 18.9 Å². The highest BCUT2D eigenvalue weighted by Gasteiger charge is 2.22. The number of hydrogen-bond donors (Lipinski definition) is 3. The number of benzene rings is 1. The normalized spacial score (nSPS) is 15.8. The Bertz CT molecular complexity index is 1300. The Morgan fingerprint density at radius 3 is 2.67 bits per heavy atom. The number of aliphatic hydroxyl groups is 1. The van der Waals surface area contributed by atoms with Crippen LogP contribution >= 0.6 is 0 Å². The molecule has 188 valence electrons. The number of piperidine rings is 1. The van der Waals surface area contributed by atoms with Gasteiger partial charge in [-0.05, 0) is 68.2 Å². The number of nitrogens with zero attached hydrogens (tertiary/aromatic N) is 5. The third-order valence-electron chi connectivity index (χ3n) is 6.78. The van der Waals surface area contributed by atoms with Gasteiger partial charge in [0, 0.05) is 55.3 Å². The van der Waals surface area contributed by atoms with Crippen LogP contribution < -0.4 is 16.0 Å². The van der Waals surface area contributed by atoms with Crippen molar-refractivity contribution in [3.63, 3.8) is 0 Å². The van der Waals surface area contributed by atoms with E-state index in [0.717, 1.165) is 48.1 Å². The van der Waals surface area contributed by atoms with Crippen LogP contribution in [-0.4, -0.2) is 78.5 Å².